The molecule has 1 heterocycles. The van der Waals surface area contributed by atoms with Crippen molar-refractivity contribution < 1.29 is 4.74 Å². The van der Waals surface area contributed by atoms with Crippen LogP contribution in [0.4, 0.5) is 0 Å². The smallest absolute Gasteiger partial charge is 0.119 e. The van der Waals surface area contributed by atoms with E-state index in [1.807, 2.05) is 41.1 Å². The van der Waals surface area contributed by atoms with E-state index in [1.165, 1.54) is 5.56 Å². The summed E-state index contributed by atoms with van der Waals surface area (Å²) in [6.45, 7) is 1.49. The molecule has 3 heteroatoms. The van der Waals surface area contributed by atoms with Crippen LogP contribution >= 0.6 is 15.9 Å². The number of aromatic nitrogens is 1. The van der Waals surface area contributed by atoms with E-state index in [9.17, 15) is 0 Å². The first kappa shape index (κ1) is 11.3. The highest BCUT2D eigenvalue weighted by molar-refractivity contribution is 9.08. The van der Waals surface area contributed by atoms with Crippen LogP contribution in [-0.4, -0.2) is 11.2 Å². The van der Waals surface area contributed by atoms with Crippen LogP contribution in [0.15, 0.2) is 42.6 Å². The van der Waals surface area contributed by atoms with Crippen LogP contribution in [0.2, 0.25) is 0 Å². The highest BCUT2D eigenvalue weighted by Crippen LogP contribution is 2.15. The van der Waals surface area contributed by atoms with E-state index in [0.717, 1.165) is 17.6 Å². The van der Waals surface area contributed by atoms with Crippen molar-refractivity contribution >= 4 is 15.9 Å². The van der Waals surface area contributed by atoms with Gasteiger partial charge in [-0.25, -0.2) is 0 Å². The molecule has 1 aromatic carbocycles. The lowest BCUT2D eigenvalue weighted by molar-refractivity contribution is 0.298. The molecule has 0 aliphatic carbocycles. The second-order valence-corrected chi connectivity index (χ2v) is 4.02. The van der Waals surface area contributed by atoms with Gasteiger partial charge in [0.25, 0.3) is 0 Å². The minimum absolute atomic E-state index is 0.664. The summed E-state index contributed by atoms with van der Waals surface area (Å²) in [4.78, 5) is 0. The third kappa shape index (κ3) is 3.14. The highest BCUT2D eigenvalue weighted by atomic mass is 79.9. The minimum Gasteiger partial charge on any atom is -0.492 e. The Bertz CT molecular complexity index is 425. The van der Waals surface area contributed by atoms with E-state index in [0.29, 0.717) is 6.61 Å². The minimum atomic E-state index is 0.664. The summed E-state index contributed by atoms with van der Waals surface area (Å²) in [7, 11) is 0. The Labute approximate surface area is 104 Å². The Hall–Kier alpha value is -1.22. The zero-order valence-electron chi connectivity index (χ0n) is 8.90. The number of alkyl halides is 1. The molecule has 2 aromatic rings. The quantitative estimate of drug-likeness (QED) is 0.766. The molecule has 2 rings (SSSR count). The van der Waals surface area contributed by atoms with Crippen molar-refractivity contribution in [2.45, 2.75) is 11.9 Å². The first-order valence-corrected chi connectivity index (χ1v) is 6.31. The third-order valence-electron chi connectivity index (χ3n) is 2.26. The molecular formula is C13H13BrNO. The summed E-state index contributed by atoms with van der Waals surface area (Å²) in [5.41, 5.74) is 1.23. The topological polar surface area (TPSA) is 14.2 Å². The van der Waals surface area contributed by atoms with Gasteiger partial charge < -0.3 is 9.30 Å². The number of ether oxygens (including phenoxy) is 1. The molecule has 0 N–H and O–H groups in total. The second-order valence-electron chi connectivity index (χ2n) is 3.46. The first-order chi connectivity index (χ1) is 7.88. The molecule has 2 nitrogen and oxygen atoms in total. The average molecular weight is 279 g/mol. The van der Waals surface area contributed by atoms with Crippen LogP contribution in [0, 0.1) is 6.20 Å². The monoisotopic (exact) mass is 278 g/mol. The zero-order chi connectivity index (χ0) is 11.2. The van der Waals surface area contributed by atoms with E-state index >= 15 is 0 Å². The normalized spacial score (nSPS) is 10.3. The Morgan fingerprint density at radius 2 is 2.25 bits per heavy atom. The molecule has 83 valence electrons. The molecule has 1 radical (unpaired) electrons. The van der Waals surface area contributed by atoms with Crippen molar-refractivity contribution in [2.24, 2.45) is 0 Å². The van der Waals surface area contributed by atoms with E-state index in [2.05, 4.69) is 28.2 Å². The fourth-order valence-corrected chi connectivity index (χ4v) is 1.80. The predicted octanol–water partition coefficient (Wildman–Crippen LogP) is 3.26. The number of hydrogen-bond acceptors (Lipinski definition) is 1. The van der Waals surface area contributed by atoms with E-state index in [1.54, 1.807) is 0 Å². The molecule has 0 aliphatic heterocycles. The van der Waals surface area contributed by atoms with Crippen molar-refractivity contribution in [1.29, 1.82) is 0 Å². The van der Waals surface area contributed by atoms with E-state index < -0.39 is 0 Å². The molecule has 0 bridgehead atoms. The highest BCUT2D eigenvalue weighted by Gasteiger charge is 1.96. The first-order valence-electron chi connectivity index (χ1n) is 5.19. The van der Waals surface area contributed by atoms with Gasteiger partial charge in [0.1, 0.15) is 12.4 Å². The Kier molecular flexibility index (Phi) is 4.05. The zero-order valence-corrected chi connectivity index (χ0v) is 10.5. The fourth-order valence-electron chi connectivity index (χ4n) is 1.45. The van der Waals surface area contributed by atoms with Crippen molar-refractivity contribution in [1.82, 2.24) is 4.57 Å². The number of hydrogen-bond donors (Lipinski definition) is 0. The van der Waals surface area contributed by atoms with Crippen molar-refractivity contribution in [2.75, 3.05) is 6.61 Å². The van der Waals surface area contributed by atoms with E-state index in [4.69, 9.17) is 4.74 Å². The van der Waals surface area contributed by atoms with Gasteiger partial charge in [0.05, 0.1) is 12.7 Å². The van der Waals surface area contributed by atoms with Gasteiger partial charge in [-0.1, -0.05) is 28.1 Å². The summed E-state index contributed by atoms with van der Waals surface area (Å²) in [5, 5.41) is 0.857. The summed E-state index contributed by atoms with van der Waals surface area (Å²) in [6, 6.07) is 12.0. The lowest BCUT2D eigenvalue weighted by atomic mass is 10.2. The lowest BCUT2D eigenvalue weighted by Crippen LogP contribution is -2.06. The summed E-state index contributed by atoms with van der Waals surface area (Å²) in [5.74, 6) is 0.920. The average Bonchev–Trinajstić information content (AvgIpc) is 2.82. The maximum absolute atomic E-state index is 5.66. The van der Waals surface area contributed by atoms with Crippen molar-refractivity contribution in [3.63, 3.8) is 0 Å². The van der Waals surface area contributed by atoms with Gasteiger partial charge in [0.15, 0.2) is 0 Å². The molecule has 16 heavy (non-hydrogen) atoms. The van der Waals surface area contributed by atoms with Crippen LogP contribution in [0.25, 0.3) is 0 Å². The SMILES string of the molecule is BrCc1cccc(OCCn2[c]ccc2)c1. The van der Waals surface area contributed by atoms with Gasteiger partial charge >= 0.3 is 0 Å². The molecule has 0 unspecified atom stereocenters. The van der Waals surface area contributed by atoms with Crippen molar-refractivity contribution in [3.8, 4) is 5.75 Å². The van der Waals surface area contributed by atoms with Gasteiger partial charge in [-0.15, -0.1) is 0 Å². The molecule has 0 aliphatic rings. The summed E-state index contributed by atoms with van der Waals surface area (Å²) < 4.78 is 7.64. The molecule has 1 aromatic heterocycles. The molecule has 0 fully saturated rings. The number of halogens is 1. The molecule has 0 atom stereocenters. The number of benzene rings is 1. The van der Waals surface area contributed by atoms with Crippen molar-refractivity contribution in [3.05, 3.63) is 54.4 Å². The molecule has 0 saturated heterocycles. The third-order valence-corrected chi connectivity index (χ3v) is 2.90. The number of nitrogens with zero attached hydrogens (tertiary/aromatic N) is 1. The van der Waals surface area contributed by atoms with Gasteiger partial charge in [0, 0.05) is 11.5 Å². The molecule has 0 spiro atoms. The van der Waals surface area contributed by atoms with Gasteiger partial charge in [0.2, 0.25) is 0 Å². The van der Waals surface area contributed by atoms with Crippen LogP contribution < -0.4 is 4.74 Å². The summed E-state index contributed by atoms with van der Waals surface area (Å²) in [6.07, 6.45) is 5.06. The van der Waals surface area contributed by atoms with Crippen LogP contribution in [0.1, 0.15) is 5.56 Å². The standard InChI is InChI=1S/C13H13BrNO/c14-11-12-4-3-5-13(10-12)16-9-8-15-6-1-2-7-15/h1-6,10H,8-9,11H2. The van der Waals surface area contributed by atoms with Gasteiger partial charge in [-0.3, -0.25) is 0 Å². The largest absolute Gasteiger partial charge is 0.492 e. The van der Waals surface area contributed by atoms with Gasteiger partial charge in [-0.2, -0.15) is 0 Å². The lowest BCUT2D eigenvalue weighted by Gasteiger charge is -2.07. The predicted molar refractivity (Wildman–Crippen MR) is 67.8 cm³/mol. The van der Waals surface area contributed by atoms with Crippen LogP contribution in [0.3, 0.4) is 0 Å². The van der Waals surface area contributed by atoms with Crippen LogP contribution in [-0.2, 0) is 11.9 Å². The molecule has 0 saturated carbocycles. The number of rotatable bonds is 5. The van der Waals surface area contributed by atoms with E-state index in [-0.39, 0.29) is 0 Å². The Morgan fingerprint density at radius 1 is 1.31 bits per heavy atom. The Balaban J connectivity index is 1.85. The summed E-state index contributed by atoms with van der Waals surface area (Å²) >= 11 is 3.43. The van der Waals surface area contributed by atoms with Crippen LogP contribution in [0.5, 0.6) is 5.75 Å². The maximum Gasteiger partial charge on any atom is 0.119 e. The molecule has 0 amide bonds. The maximum atomic E-state index is 5.66. The van der Waals surface area contributed by atoms with Gasteiger partial charge in [-0.05, 0) is 29.8 Å². The molecular weight excluding hydrogens is 266 g/mol. The second kappa shape index (κ2) is 5.75. The Morgan fingerprint density at radius 3 is 3.00 bits per heavy atom. The fraction of sp³-hybridized carbons (Fsp3) is 0.231.